The van der Waals surface area contributed by atoms with Crippen molar-refractivity contribution in [2.45, 2.75) is 17.5 Å². The third kappa shape index (κ3) is 5.48. The molecule has 0 spiro atoms. The molecule has 0 radical (unpaired) electrons. The predicted octanol–water partition coefficient (Wildman–Crippen LogP) is 1.64. The molecule has 2 N–H and O–H groups in total. The molecule has 4 nitrogen and oxygen atoms in total. The molecule has 90 valence electrons. The molecule has 0 bridgehead atoms. The Bertz CT molecular complexity index is 428. The Morgan fingerprint density at radius 3 is 2.38 bits per heavy atom. The molecule has 1 aromatic rings. The number of hydrogen-bond acceptors (Lipinski definition) is 3. The first-order valence-corrected chi connectivity index (χ1v) is 7.36. The first-order chi connectivity index (χ1) is 7.37. The molecule has 0 saturated heterocycles. The van der Waals surface area contributed by atoms with Gasteiger partial charge in [0.1, 0.15) is 12.4 Å². The topological polar surface area (TPSA) is 69.4 Å². The first kappa shape index (κ1) is 13.5. The lowest BCUT2D eigenvalue weighted by Crippen LogP contribution is -2.14. The molecular weight excluding hydrogens is 294 g/mol. The zero-order valence-corrected chi connectivity index (χ0v) is 11.3. The summed E-state index contributed by atoms with van der Waals surface area (Å²) >= 11 is 3.37. The maximum absolute atomic E-state index is 10.8. The predicted molar refractivity (Wildman–Crippen MR) is 67.1 cm³/mol. The second kappa shape index (κ2) is 5.65. The van der Waals surface area contributed by atoms with Crippen molar-refractivity contribution >= 4 is 26.0 Å². The van der Waals surface area contributed by atoms with Gasteiger partial charge in [-0.15, -0.1) is 0 Å². The van der Waals surface area contributed by atoms with E-state index in [4.69, 9.17) is 9.88 Å². The van der Waals surface area contributed by atoms with Crippen LogP contribution in [0.4, 0.5) is 0 Å². The summed E-state index contributed by atoms with van der Waals surface area (Å²) in [5, 5.41) is 4.94. The highest BCUT2D eigenvalue weighted by molar-refractivity contribution is 9.09. The summed E-state index contributed by atoms with van der Waals surface area (Å²) in [4.78, 5) is 0.275. The van der Waals surface area contributed by atoms with Crippen molar-refractivity contribution in [1.29, 1.82) is 0 Å². The van der Waals surface area contributed by atoms with Crippen LogP contribution in [0.25, 0.3) is 0 Å². The van der Waals surface area contributed by atoms with Gasteiger partial charge >= 0.3 is 0 Å². The summed E-state index contributed by atoms with van der Waals surface area (Å²) in [5.74, 6) is 0.562. The van der Waals surface area contributed by atoms with Gasteiger partial charge in [0.25, 0.3) is 0 Å². The van der Waals surface area contributed by atoms with Crippen molar-refractivity contribution < 1.29 is 13.2 Å². The molecule has 0 aliphatic rings. The second-order valence-electron chi connectivity index (χ2n) is 3.54. The van der Waals surface area contributed by atoms with Gasteiger partial charge in [-0.1, -0.05) is 28.1 Å². The number of sulfonamides is 1. The fraction of sp³-hybridized carbons (Fsp3) is 0.400. The van der Waals surface area contributed by atoms with E-state index in [-0.39, 0.29) is 10.6 Å². The number of alkyl halides is 1. The van der Waals surface area contributed by atoms with Crippen LogP contribution in [0.5, 0.6) is 5.75 Å². The van der Waals surface area contributed by atoms with Crippen LogP contribution in [0, 0.1) is 0 Å². The molecule has 1 rings (SSSR count). The van der Waals surface area contributed by atoms with Crippen LogP contribution in [-0.2, 0) is 15.8 Å². The van der Waals surface area contributed by atoms with E-state index in [1.165, 1.54) is 0 Å². The Morgan fingerprint density at radius 2 is 1.94 bits per heavy atom. The molecule has 0 fully saturated rings. The van der Waals surface area contributed by atoms with Crippen molar-refractivity contribution in [3.05, 3.63) is 29.8 Å². The second-order valence-corrected chi connectivity index (χ2v) is 6.72. The van der Waals surface area contributed by atoms with Gasteiger partial charge in [-0.05, 0) is 24.6 Å². The van der Waals surface area contributed by atoms with Crippen LogP contribution in [0.15, 0.2) is 24.3 Å². The third-order valence-corrected chi connectivity index (χ3v) is 2.77. The normalized spacial score (nSPS) is 13.4. The standard InChI is InChI=1S/C10H14BrNO3S/c1-8(11)6-15-10-4-2-9(3-5-10)7-16(12,13)14/h2-5,8H,6-7H2,1H3,(H2,12,13,14). The van der Waals surface area contributed by atoms with Gasteiger partial charge in [0.2, 0.25) is 10.0 Å². The lowest BCUT2D eigenvalue weighted by Gasteiger charge is -2.08. The molecular formula is C10H14BrNO3S. The van der Waals surface area contributed by atoms with E-state index < -0.39 is 10.0 Å². The number of ether oxygens (including phenoxy) is 1. The molecule has 0 saturated carbocycles. The van der Waals surface area contributed by atoms with Crippen LogP contribution in [0.3, 0.4) is 0 Å². The summed E-state index contributed by atoms with van der Waals surface area (Å²) in [5.41, 5.74) is 0.654. The Morgan fingerprint density at radius 1 is 1.38 bits per heavy atom. The zero-order chi connectivity index (χ0) is 12.2. The fourth-order valence-electron chi connectivity index (χ4n) is 1.13. The van der Waals surface area contributed by atoms with E-state index in [0.29, 0.717) is 17.9 Å². The molecule has 6 heteroatoms. The zero-order valence-electron chi connectivity index (χ0n) is 8.89. The maximum atomic E-state index is 10.8. The number of hydrogen-bond donors (Lipinski definition) is 1. The van der Waals surface area contributed by atoms with E-state index in [0.717, 1.165) is 0 Å². The highest BCUT2D eigenvalue weighted by atomic mass is 79.9. The quantitative estimate of drug-likeness (QED) is 0.841. The maximum Gasteiger partial charge on any atom is 0.213 e. The van der Waals surface area contributed by atoms with Gasteiger partial charge in [-0.3, -0.25) is 0 Å². The van der Waals surface area contributed by atoms with E-state index in [1.54, 1.807) is 24.3 Å². The average molecular weight is 308 g/mol. The number of benzene rings is 1. The van der Waals surface area contributed by atoms with Gasteiger partial charge < -0.3 is 4.74 Å². The molecule has 1 unspecified atom stereocenters. The monoisotopic (exact) mass is 307 g/mol. The summed E-state index contributed by atoms with van der Waals surface area (Å²) in [6.07, 6.45) is 0. The SMILES string of the molecule is CC(Br)COc1ccc(CS(N)(=O)=O)cc1. The van der Waals surface area contributed by atoms with E-state index >= 15 is 0 Å². The molecule has 0 aliphatic carbocycles. The van der Waals surface area contributed by atoms with E-state index in [2.05, 4.69) is 15.9 Å². The average Bonchev–Trinajstić information content (AvgIpc) is 2.14. The molecule has 0 amide bonds. The van der Waals surface area contributed by atoms with Crippen molar-refractivity contribution in [2.24, 2.45) is 5.14 Å². The van der Waals surface area contributed by atoms with E-state index in [9.17, 15) is 8.42 Å². The highest BCUT2D eigenvalue weighted by Gasteiger charge is 2.05. The number of nitrogens with two attached hydrogens (primary N) is 1. The van der Waals surface area contributed by atoms with Gasteiger partial charge in [0.05, 0.1) is 5.75 Å². The van der Waals surface area contributed by atoms with Crippen molar-refractivity contribution in [1.82, 2.24) is 0 Å². The molecule has 0 heterocycles. The van der Waals surface area contributed by atoms with Crippen LogP contribution in [0.1, 0.15) is 12.5 Å². The van der Waals surface area contributed by atoms with Crippen LogP contribution in [0.2, 0.25) is 0 Å². The Kier molecular flexibility index (Phi) is 4.76. The first-order valence-electron chi connectivity index (χ1n) is 4.73. The fourth-order valence-corrected chi connectivity index (χ4v) is 1.91. The summed E-state index contributed by atoms with van der Waals surface area (Å²) in [6.45, 7) is 2.55. The van der Waals surface area contributed by atoms with Crippen LogP contribution < -0.4 is 9.88 Å². The Hall–Kier alpha value is -0.590. The van der Waals surface area contributed by atoms with Crippen LogP contribution in [-0.4, -0.2) is 19.9 Å². The minimum atomic E-state index is -3.46. The lowest BCUT2D eigenvalue weighted by molar-refractivity contribution is 0.324. The van der Waals surface area contributed by atoms with Gasteiger partial charge in [-0.25, -0.2) is 13.6 Å². The number of rotatable bonds is 5. The summed E-state index contributed by atoms with van der Waals surface area (Å²) in [7, 11) is -3.46. The highest BCUT2D eigenvalue weighted by Crippen LogP contribution is 2.14. The smallest absolute Gasteiger partial charge is 0.213 e. The Balaban J connectivity index is 2.61. The van der Waals surface area contributed by atoms with Gasteiger partial charge in [0.15, 0.2) is 0 Å². The molecule has 16 heavy (non-hydrogen) atoms. The lowest BCUT2D eigenvalue weighted by atomic mass is 10.2. The Labute approximate surface area is 104 Å². The van der Waals surface area contributed by atoms with Crippen molar-refractivity contribution in [2.75, 3.05) is 6.61 Å². The molecule has 0 aliphatic heterocycles. The number of halogens is 1. The van der Waals surface area contributed by atoms with Crippen LogP contribution >= 0.6 is 15.9 Å². The minimum Gasteiger partial charge on any atom is -0.492 e. The molecule has 1 atom stereocenters. The van der Waals surface area contributed by atoms with Gasteiger partial charge in [0, 0.05) is 4.83 Å². The third-order valence-electron chi connectivity index (χ3n) is 1.77. The summed E-state index contributed by atoms with van der Waals surface area (Å²) in [6, 6.07) is 6.85. The van der Waals surface area contributed by atoms with Crippen molar-refractivity contribution in [3.8, 4) is 5.75 Å². The molecule has 0 aromatic heterocycles. The van der Waals surface area contributed by atoms with Crippen molar-refractivity contribution in [3.63, 3.8) is 0 Å². The van der Waals surface area contributed by atoms with E-state index in [1.807, 2.05) is 6.92 Å². The minimum absolute atomic E-state index is 0.151. The number of primary sulfonamides is 1. The van der Waals surface area contributed by atoms with Gasteiger partial charge in [-0.2, -0.15) is 0 Å². The summed E-state index contributed by atoms with van der Waals surface area (Å²) < 4.78 is 27.1. The molecule has 1 aromatic carbocycles. The largest absolute Gasteiger partial charge is 0.492 e.